The summed E-state index contributed by atoms with van der Waals surface area (Å²) in [7, 11) is -2.97. The second-order valence-electron chi connectivity index (χ2n) is 14.0. The van der Waals surface area contributed by atoms with E-state index in [0.29, 0.717) is 0 Å². The first-order valence-electron chi connectivity index (χ1n) is 17.9. The lowest BCUT2D eigenvalue weighted by Crippen LogP contribution is -2.29. The summed E-state index contributed by atoms with van der Waals surface area (Å²) in [5, 5.41) is 7.59. The minimum absolute atomic E-state index is 0.0853. The van der Waals surface area contributed by atoms with E-state index in [9.17, 15) is 0 Å². The Morgan fingerprint density at radius 1 is 0.519 bits per heavy atom. The van der Waals surface area contributed by atoms with Crippen molar-refractivity contribution >= 4 is 66.9 Å². The fraction of sp³-hybridized carbons (Fsp3) is 0.0625. The van der Waals surface area contributed by atoms with Crippen molar-refractivity contribution < 1.29 is 4.57 Å². The van der Waals surface area contributed by atoms with E-state index in [1.165, 1.54) is 21.9 Å². The molecule has 3 unspecified atom stereocenters. The quantitative estimate of drug-likeness (QED) is 0.133. The fourth-order valence-electron chi connectivity index (χ4n) is 8.29. The fourth-order valence-corrected chi connectivity index (χ4v) is 11.6. The van der Waals surface area contributed by atoms with Gasteiger partial charge in [0.15, 0.2) is 0 Å². The average molecular weight is 687 g/mol. The molecule has 52 heavy (non-hydrogen) atoms. The number of hydrogen-bond acceptors (Lipinski definition) is 2. The third-order valence-electron chi connectivity index (χ3n) is 10.9. The van der Waals surface area contributed by atoms with E-state index in [4.69, 9.17) is 4.98 Å². The molecule has 1 aliphatic carbocycles. The Kier molecular flexibility index (Phi) is 7.13. The molecule has 0 N–H and O–H groups in total. The van der Waals surface area contributed by atoms with Crippen LogP contribution in [0.25, 0.3) is 71.4 Å². The number of nitrogens with zero attached hydrogens (tertiary/aromatic N) is 2. The average Bonchev–Trinajstić information content (AvgIpc) is 3.61. The van der Waals surface area contributed by atoms with Gasteiger partial charge in [0.25, 0.3) is 0 Å². The Morgan fingerprint density at radius 2 is 1.19 bits per heavy atom. The topological polar surface area (TPSA) is 34.4 Å². The molecule has 9 aromatic rings. The van der Waals surface area contributed by atoms with Crippen molar-refractivity contribution in [2.45, 2.75) is 12.6 Å². The molecule has 0 saturated heterocycles. The van der Waals surface area contributed by atoms with Gasteiger partial charge in [-0.25, -0.2) is 4.98 Å². The molecule has 1 aliphatic rings. The largest absolute Gasteiger partial charge is 0.313 e. The third-order valence-corrected chi connectivity index (χ3v) is 14.5. The second kappa shape index (κ2) is 12.0. The van der Waals surface area contributed by atoms with Crippen LogP contribution in [-0.2, 0) is 4.57 Å². The SMILES string of the molecule is CC1C=CC=CC1P(=O)(c1ccccc1)c1ccc2cc(-c3cccc(-c4ccc5c(c4)c4ccccc4n4c6ccccc6nc54)c3)ccc2c1. The number of hydrogen-bond donors (Lipinski definition) is 0. The first-order chi connectivity index (χ1) is 25.6. The molecule has 0 fully saturated rings. The lowest BCUT2D eigenvalue weighted by molar-refractivity contribution is 0.572. The van der Waals surface area contributed by atoms with Crippen molar-refractivity contribution in [3.05, 3.63) is 182 Å². The monoisotopic (exact) mass is 686 g/mol. The molecule has 3 nitrogen and oxygen atoms in total. The Hall–Kier alpha value is -6.02. The van der Waals surface area contributed by atoms with Gasteiger partial charge in [0.05, 0.1) is 16.6 Å². The van der Waals surface area contributed by atoms with E-state index in [1.54, 1.807) is 0 Å². The molecule has 0 radical (unpaired) electrons. The molecule has 248 valence electrons. The normalized spacial score (nSPS) is 17.0. The number of benzene rings is 7. The molecular formula is C48H35N2OP. The minimum Gasteiger partial charge on any atom is -0.313 e. The zero-order chi connectivity index (χ0) is 34.8. The number of rotatable bonds is 5. The first kappa shape index (κ1) is 30.8. The number of pyridine rings is 1. The van der Waals surface area contributed by atoms with Gasteiger partial charge in [0, 0.05) is 27.0 Å². The van der Waals surface area contributed by atoms with Crippen LogP contribution in [0.2, 0.25) is 0 Å². The molecule has 10 rings (SSSR count). The lowest BCUT2D eigenvalue weighted by Gasteiger charge is -2.31. The zero-order valence-electron chi connectivity index (χ0n) is 28.7. The van der Waals surface area contributed by atoms with E-state index >= 15 is 4.57 Å². The summed E-state index contributed by atoms with van der Waals surface area (Å²) in [5.74, 6) is 0.176. The first-order valence-corrected chi connectivity index (χ1v) is 19.7. The molecule has 2 heterocycles. The highest BCUT2D eigenvalue weighted by molar-refractivity contribution is 7.79. The van der Waals surface area contributed by atoms with Gasteiger partial charge < -0.3 is 4.57 Å². The van der Waals surface area contributed by atoms with Crippen LogP contribution in [-0.4, -0.2) is 15.0 Å². The third kappa shape index (κ3) is 4.81. The summed E-state index contributed by atoms with van der Waals surface area (Å²) in [6.07, 6.45) is 8.41. The van der Waals surface area contributed by atoms with E-state index in [2.05, 4.69) is 157 Å². The van der Waals surface area contributed by atoms with E-state index in [0.717, 1.165) is 60.1 Å². The van der Waals surface area contributed by atoms with Crippen molar-refractivity contribution in [1.29, 1.82) is 0 Å². The van der Waals surface area contributed by atoms with Crippen LogP contribution in [0.15, 0.2) is 182 Å². The van der Waals surface area contributed by atoms with E-state index in [1.807, 2.05) is 36.4 Å². The van der Waals surface area contributed by atoms with Gasteiger partial charge in [0.2, 0.25) is 0 Å². The molecule has 0 bridgehead atoms. The van der Waals surface area contributed by atoms with Crippen molar-refractivity contribution in [3.8, 4) is 22.3 Å². The smallest absolute Gasteiger partial charge is 0.150 e. The van der Waals surface area contributed by atoms with Crippen LogP contribution < -0.4 is 10.6 Å². The summed E-state index contributed by atoms with van der Waals surface area (Å²) in [4.78, 5) is 5.08. The molecule has 0 spiro atoms. The Morgan fingerprint density at radius 3 is 2.04 bits per heavy atom. The van der Waals surface area contributed by atoms with Gasteiger partial charge >= 0.3 is 0 Å². The maximum absolute atomic E-state index is 15.3. The molecule has 0 amide bonds. The van der Waals surface area contributed by atoms with Gasteiger partial charge in [-0.3, -0.25) is 4.40 Å². The number of fused-ring (bicyclic) bond motifs is 9. The van der Waals surface area contributed by atoms with Gasteiger partial charge in [-0.1, -0.05) is 140 Å². The molecule has 0 aliphatic heterocycles. The van der Waals surface area contributed by atoms with Gasteiger partial charge in [0.1, 0.15) is 12.8 Å². The summed E-state index contributed by atoms with van der Waals surface area (Å²) in [6.45, 7) is 2.17. The van der Waals surface area contributed by atoms with Crippen LogP contribution in [0.5, 0.6) is 0 Å². The molecule has 4 heteroatoms. The van der Waals surface area contributed by atoms with E-state index in [-0.39, 0.29) is 11.6 Å². The zero-order valence-corrected chi connectivity index (χ0v) is 29.6. The number of para-hydroxylation sites is 3. The molecular weight excluding hydrogens is 652 g/mol. The summed E-state index contributed by atoms with van der Waals surface area (Å²) in [6, 6.07) is 55.6. The summed E-state index contributed by atoms with van der Waals surface area (Å²) in [5.41, 5.74) is 8.83. The molecule has 7 aromatic carbocycles. The second-order valence-corrected chi connectivity index (χ2v) is 16.9. The lowest BCUT2D eigenvalue weighted by atomic mass is 9.95. The van der Waals surface area contributed by atoms with Crippen molar-refractivity contribution in [2.24, 2.45) is 5.92 Å². The molecule has 2 aromatic heterocycles. The van der Waals surface area contributed by atoms with Gasteiger partial charge in [-0.15, -0.1) is 0 Å². The van der Waals surface area contributed by atoms with Crippen molar-refractivity contribution in [2.75, 3.05) is 0 Å². The predicted molar refractivity (Wildman–Crippen MR) is 221 cm³/mol. The van der Waals surface area contributed by atoms with Crippen LogP contribution in [0.3, 0.4) is 0 Å². The number of allylic oxidation sites excluding steroid dienone is 4. The number of aromatic nitrogens is 2. The highest BCUT2D eigenvalue weighted by atomic mass is 31.2. The standard InChI is InChI=1S/C48H35N2OP/c1-32-12-5-10-21-47(32)52(51,39-15-3-2-4-16-39)40-26-24-36-29-35(22-23-37(36)30-40)33-13-11-14-34(28-33)38-25-27-42-43(31-38)41-17-6-8-19-45(41)50-46-20-9-7-18-44(46)49-48(42)50/h2-32,47H,1H3. The number of imidazole rings is 1. The highest BCUT2D eigenvalue weighted by Crippen LogP contribution is 2.53. The summed E-state index contributed by atoms with van der Waals surface area (Å²) < 4.78 is 17.5. The minimum atomic E-state index is -2.97. The van der Waals surface area contributed by atoms with Crippen LogP contribution in [0, 0.1) is 5.92 Å². The maximum Gasteiger partial charge on any atom is 0.150 e. The van der Waals surface area contributed by atoms with Gasteiger partial charge in [-0.2, -0.15) is 0 Å². The van der Waals surface area contributed by atoms with Crippen LogP contribution >= 0.6 is 7.14 Å². The van der Waals surface area contributed by atoms with Crippen LogP contribution in [0.1, 0.15) is 6.92 Å². The Balaban J connectivity index is 1.05. The van der Waals surface area contributed by atoms with Crippen LogP contribution in [0.4, 0.5) is 0 Å². The molecule has 0 saturated carbocycles. The Bertz CT molecular complexity index is 2970. The highest BCUT2D eigenvalue weighted by Gasteiger charge is 2.38. The van der Waals surface area contributed by atoms with E-state index < -0.39 is 7.14 Å². The summed E-state index contributed by atoms with van der Waals surface area (Å²) >= 11 is 0. The maximum atomic E-state index is 15.3. The molecule has 3 atom stereocenters. The van der Waals surface area contributed by atoms with Crippen molar-refractivity contribution in [3.63, 3.8) is 0 Å². The van der Waals surface area contributed by atoms with Crippen molar-refractivity contribution in [1.82, 2.24) is 9.38 Å². The predicted octanol–water partition coefficient (Wildman–Crippen LogP) is 11.7. The van der Waals surface area contributed by atoms with Gasteiger partial charge in [-0.05, 0) is 92.9 Å². The Labute approximate surface area is 302 Å².